The lowest BCUT2D eigenvalue weighted by Crippen LogP contribution is -2.05. The summed E-state index contributed by atoms with van der Waals surface area (Å²) in [5.74, 6) is 0. The minimum absolute atomic E-state index is 0.0516. The largest absolute Gasteiger partial charge is 0.456 e. The quantitative estimate of drug-likeness (QED) is 0.165. The Labute approximate surface area is 337 Å². The Morgan fingerprint density at radius 2 is 0.831 bits per heavy atom. The van der Waals surface area contributed by atoms with Gasteiger partial charge in [-0.05, 0) is 107 Å². The van der Waals surface area contributed by atoms with Crippen LogP contribution >= 0.6 is 0 Å². The third-order valence-electron chi connectivity index (χ3n) is 12.3. The molecule has 12 aromatic rings. The molecule has 0 fully saturated rings. The van der Waals surface area contributed by atoms with Crippen molar-refractivity contribution in [2.75, 3.05) is 0 Å². The molecular weight excluding hydrogens is 723 g/mol. The molecule has 0 unspecified atom stereocenters. The van der Waals surface area contributed by atoms with Crippen LogP contribution in [0.2, 0.25) is 0 Å². The Hall–Kier alpha value is -8.02. The van der Waals surface area contributed by atoms with Crippen molar-refractivity contribution in [3.63, 3.8) is 0 Å². The molecule has 4 aromatic heterocycles. The van der Waals surface area contributed by atoms with Gasteiger partial charge in [0.15, 0.2) is 0 Å². The maximum absolute atomic E-state index is 14.3. The third kappa shape index (κ3) is 4.50. The fraction of sp³-hybridized carbons (Fsp3) is 0. The van der Waals surface area contributed by atoms with E-state index in [4.69, 9.17) is 9.40 Å². The van der Waals surface area contributed by atoms with Gasteiger partial charge in [0.25, 0.3) is 0 Å². The number of rotatable bonds is 2. The molecule has 8 aromatic carbocycles. The number of aromatic nitrogens is 3. The first kappa shape index (κ1) is 32.1. The molecule has 0 atom stereocenters. The van der Waals surface area contributed by atoms with Crippen molar-refractivity contribution in [3.05, 3.63) is 198 Å². The van der Waals surface area contributed by atoms with Crippen molar-refractivity contribution in [3.8, 4) is 56.0 Å². The fourth-order valence-corrected chi connectivity index (χ4v) is 9.76. The Morgan fingerprint density at radius 3 is 1.39 bits per heavy atom. The van der Waals surface area contributed by atoms with Crippen molar-refractivity contribution < 1.29 is 4.42 Å². The van der Waals surface area contributed by atoms with Gasteiger partial charge in [-0.15, -0.1) is 0 Å². The number of hydrogen-bond donors (Lipinski definition) is 0. The molecule has 5 heteroatoms. The summed E-state index contributed by atoms with van der Waals surface area (Å²) in [6, 6.07) is 63.8. The highest BCUT2D eigenvalue weighted by Crippen LogP contribution is 2.50. The summed E-state index contributed by atoms with van der Waals surface area (Å²) in [4.78, 5) is 19.4. The summed E-state index contributed by atoms with van der Waals surface area (Å²) >= 11 is 0. The summed E-state index contributed by atoms with van der Waals surface area (Å²) in [5.41, 5.74) is 15.6. The zero-order chi connectivity index (χ0) is 38.8. The van der Waals surface area contributed by atoms with E-state index in [1.54, 1.807) is 0 Å². The molecule has 13 rings (SSSR count). The van der Waals surface area contributed by atoms with E-state index in [-0.39, 0.29) is 5.43 Å². The summed E-state index contributed by atoms with van der Waals surface area (Å²) in [5, 5.41) is 5.94. The molecule has 0 aliphatic heterocycles. The zero-order valence-electron chi connectivity index (χ0n) is 31.6. The standard InChI is InChI=1S/C54H31N3O2/c58-54-41-16-5-10-22-51(41)59-52-31-45-44(30-46(52)54)43-29-33(57-49-20-8-3-14-38(49)39-15-4-9-21-50(39)57)24-26-35(43)34-25-23-32(28-42(34)40-17-11-27-55-53(40)45)56-47-18-6-1-12-36(47)37-13-2-7-19-48(37)56/h1-31H. The zero-order valence-corrected chi connectivity index (χ0v) is 31.6. The molecular formula is C54H31N3O2. The first-order chi connectivity index (χ1) is 29.2. The van der Waals surface area contributed by atoms with Crippen LogP contribution < -0.4 is 5.43 Å². The van der Waals surface area contributed by atoms with Crippen molar-refractivity contribution >= 4 is 65.6 Å². The van der Waals surface area contributed by atoms with Gasteiger partial charge in [0.1, 0.15) is 11.2 Å². The van der Waals surface area contributed by atoms with Gasteiger partial charge < -0.3 is 13.6 Å². The minimum atomic E-state index is -0.0516. The molecule has 0 N–H and O–H groups in total. The summed E-state index contributed by atoms with van der Waals surface area (Å²) in [6.45, 7) is 0. The van der Waals surface area contributed by atoms with Crippen molar-refractivity contribution in [2.45, 2.75) is 0 Å². The van der Waals surface area contributed by atoms with E-state index in [0.29, 0.717) is 21.9 Å². The number of hydrogen-bond acceptors (Lipinski definition) is 3. The van der Waals surface area contributed by atoms with Gasteiger partial charge in [0.2, 0.25) is 5.43 Å². The highest BCUT2D eigenvalue weighted by molar-refractivity contribution is 6.12. The Kier molecular flexibility index (Phi) is 6.53. The molecule has 0 spiro atoms. The van der Waals surface area contributed by atoms with E-state index >= 15 is 0 Å². The van der Waals surface area contributed by atoms with E-state index in [0.717, 1.165) is 78.1 Å². The molecule has 0 bridgehead atoms. The average Bonchev–Trinajstić information content (AvgIpc) is 3.81. The lowest BCUT2D eigenvalue weighted by atomic mass is 9.82. The minimum Gasteiger partial charge on any atom is -0.456 e. The topological polar surface area (TPSA) is 53.0 Å². The summed E-state index contributed by atoms with van der Waals surface area (Å²) < 4.78 is 11.3. The van der Waals surface area contributed by atoms with Gasteiger partial charge >= 0.3 is 0 Å². The van der Waals surface area contributed by atoms with Gasteiger partial charge in [-0.3, -0.25) is 9.78 Å². The second-order valence-corrected chi connectivity index (χ2v) is 15.4. The number of fused-ring (bicyclic) bond motifs is 16. The molecule has 0 radical (unpaired) electrons. The van der Waals surface area contributed by atoms with Gasteiger partial charge in [-0.1, -0.05) is 103 Å². The molecule has 1 aliphatic rings. The molecule has 59 heavy (non-hydrogen) atoms. The maximum atomic E-state index is 14.3. The number of para-hydroxylation sites is 5. The highest BCUT2D eigenvalue weighted by Gasteiger charge is 2.27. The molecule has 0 amide bonds. The number of benzene rings is 8. The Balaban J connectivity index is 1.16. The van der Waals surface area contributed by atoms with Crippen molar-refractivity contribution in [2.24, 2.45) is 0 Å². The van der Waals surface area contributed by atoms with Gasteiger partial charge in [0, 0.05) is 50.2 Å². The van der Waals surface area contributed by atoms with E-state index < -0.39 is 0 Å². The molecule has 4 heterocycles. The van der Waals surface area contributed by atoms with Crippen molar-refractivity contribution in [1.82, 2.24) is 14.1 Å². The van der Waals surface area contributed by atoms with Crippen LogP contribution in [0.1, 0.15) is 0 Å². The van der Waals surface area contributed by atoms with Crippen LogP contribution in [0.25, 0.3) is 122 Å². The molecule has 0 saturated carbocycles. The Bertz CT molecular complexity index is 3720. The normalized spacial score (nSPS) is 12.1. The van der Waals surface area contributed by atoms with Crippen LogP contribution in [-0.4, -0.2) is 14.1 Å². The fourth-order valence-electron chi connectivity index (χ4n) is 9.76. The van der Waals surface area contributed by atoms with Crippen LogP contribution in [0.4, 0.5) is 0 Å². The van der Waals surface area contributed by atoms with Crippen molar-refractivity contribution in [1.29, 1.82) is 0 Å². The first-order valence-corrected chi connectivity index (χ1v) is 19.9. The van der Waals surface area contributed by atoms with Gasteiger partial charge in [-0.2, -0.15) is 0 Å². The van der Waals surface area contributed by atoms with Crippen LogP contribution in [0.3, 0.4) is 0 Å². The lowest BCUT2D eigenvalue weighted by Gasteiger charge is -2.24. The van der Waals surface area contributed by atoms with Crippen LogP contribution in [-0.2, 0) is 0 Å². The smallest absolute Gasteiger partial charge is 0.200 e. The van der Waals surface area contributed by atoms with Gasteiger partial charge in [0.05, 0.1) is 38.5 Å². The summed E-state index contributed by atoms with van der Waals surface area (Å²) in [7, 11) is 0. The third-order valence-corrected chi connectivity index (χ3v) is 12.3. The molecule has 274 valence electrons. The summed E-state index contributed by atoms with van der Waals surface area (Å²) in [6.07, 6.45) is 1.86. The monoisotopic (exact) mass is 753 g/mol. The highest BCUT2D eigenvalue weighted by atomic mass is 16.3. The lowest BCUT2D eigenvalue weighted by molar-refractivity contribution is 0.660. The predicted molar refractivity (Wildman–Crippen MR) is 242 cm³/mol. The Morgan fingerprint density at radius 1 is 0.356 bits per heavy atom. The van der Waals surface area contributed by atoms with Gasteiger partial charge in [-0.25, -0.2) is 0 Å². The predicted octanol–water partition coefficient (Wildman–Crippen LogP) is 13.5. The molecule has 5 nitrogen and oxygen atoms in total. The second kappa shape index (κ2) is 12.0. The number of pyridine rings is 1. The van der Waals surface area contributed by atoms with Crippen LogP contribution in [0, 0.1) is 0 Å². The molecule has 0 saturated heterocycles. The first-order valence-electron chi connectivity index (χ1n) is 19.9. The van der Waals surface area contributed by atoms with Crippen LogP contribution in [0.5, 0.6) is 0 Å². The van der Waals surface area contributed by atoms with E-state index in [9.17, 15) is 4.79 Å². The van der Waals surface area contributed by atoms with E-state index in [1.807, 2.05) is 48.7 Å². The SMILES string of the molecule is O=c1c2ccccc2oc2cc3c(cc12)-c1cc(-n2c4ccccc4c4ccccc42)ccc1-c1ccc(-n2c4ccccc4c4ccccc42)cc1-c1cccnc1-3. The molecule has 1 aliphatic carbocycles. The van der Waals surface area contributed by atoms with E-state index in [2.05, 4.69) is 149 Å². The maximum Gasteiger partial charge on any atom is 0.200 e. The van der Waals surface area contributed by atoms with Crippen LogP contribution in [0.15, 0.2) is 197 Å². The number of nitrogens with zero attached hydrogens (tertiary/aromatic N) is 3. The van der Waals surface area contributed by atoms with E-state index in [1.165, 1.54) is 21.5 Å². The second-order valence-electron chi connectivity index (χ2n) is 15.4. The average molecular weight is 754 g/mol.